The van der Waals surface area contributed by atoms with Crippen LogP contribution in [0.1, 0.15) is 37.5 Å². The Morgan fingerprint density at radius 1 is 0.525 bits per heavy atom. The minimum absolute atomic E-state index is 0.0454. The van der Waals surface area contributed by atoms with E-state index in [-0.39, 0.29) is 10.9 Å². The molecule has 0 fully saturated rings. The van der Waals surface area contributed by atoms with Crippen LogP contribution in [0.4, 0.5) is 22.0 Å². The van der Waals surface area contributed by atoms with Gasteiger partial charge in [-0.15, -0.1) is 0 Å². The van der Waals surface area contributed by atoms with E-state index in [9.17, 15) is 34.9 Å². The fourth-order valence-corrected chi connectivity index (χ4v) is 6.46. The molecule has 0 saturated heterocycles. The van der Waals surface area contributed by atoms with Crippen molar-refractivity contribution in [1.29, 1.82) is 0 Å². The molecule has 0 bridgehead atoms. The van der Waals surface area contributed by atoms with Gasteiger partial charge in [-0.25, -0.2) is 30.4 Å². The lowest BCUT2D eigenvalue weighted by Crippen LogP contribution is -2.12. The molecule has 0 aromatic heterocycles. The summed E-state index contributed by atoms with van der Waals surface area (Å²) in [7, 11) is -5.82. The first kappa shape index (κ1) is 31.3. The molecular weight excluding hydrogens is 567 g/mol. The van der Waals surface area contributed by atoms with Gasteiger partial charge < -0.3 is 4.55 Å². The van der Waals surface area contributed by atoms with E-state index in [4.69, 9.17) is 0 Å². The van der Waals surface area contributed by atoms with Gasteiger partial charge in [0.15, 0.2) is 38.0 Å². The summed E-state index contributed by atoms with van der Waals surface area (Å²) in [6.45, 7) is 6.63. The van der Waals surface area contributed by atoms with Crippen LogP contribution < -0.4 is 0 Å². The molecule has 0 heterocycles. The number of aryl methyl sites for hydroxylation is 3. The van der Waals surface area contributed by atoms with E-state index in [1.54, 1.807) is 0 Å². The molecule has 212 valence electrons. The van der Waals surface area contributed by atoms with Crippen LogP contribution in [0, 0.1) is 29.1 Å². The minimum atomic E-state index is -5.77. The summed E-state index contributed by atoms with van der Waals surface area (Å²) < 4.78 is 92.9. The third kappa shape index (κ3) is 7.10. The van der Waals surface area contributed by atoms with Crippen LogP contribution in [0.2, 0.25) is 0 Å². The Balaban J connectivity index is 0.000000252. The van der Waals surface area contributed by atoms with Crippen LogP contribution >= 0.6 is 0 Å². The lowest BCUT2D eigenvalue weighted by molar-refractivity contribution is 0.350. The Morgan fingerprint density at radius 3 is 1.00 bits per heavy atom. The summed E-state index contributed by atoms with van der Waals surface area (Å²) in [4.78, 5) is 1.81. The van der Waals surface area contributed by atoms with Gasteiger partial charge in [-0.3, -0.25) is 0 Å². The molecule has 0 aliphatic heterocycles. The van der Waals surface area contributed by atoms with Gasteiger partial charge in [0.05, 0.1) is 10.9 Å². The summed E-state index contributed by atoms with van der Waals surface area (Å²) in [5.41, 5.74) is 4.19. The smallest absolute Gasteiger partial charge is 0.200 e. The van der Waals surface area contributed by atoms with Crippen LogP contribution in [-0.2, 0) is 40.3 Å². The van der Waals surface area contributed by atoms with Gasteiger partial charge in [-0.2, -0.15) is 0 Å². The Bertz CT molecular complexity index is 1410. The molecule has 0 atom stereocenters. The largest absolute Gasteiger partial charge is 0.744 e. The van der Waals surface area contributed by atoms with E-state index in [0.717, 1.165) is 19.3 Å². The summed E-state index contributed by atoms with van der Waals surface area (Å²) in [5, 5.41) is 0. The maximum Gasteiger partial charge on any atom is 0.200 e. The van der Waals surface area contributed by atoms with Gasteiger partial charge >= 0.3 is 0 Å². The second-order valence-corrected chi connectivity index (χ2v) is 12.0. The Hall–Kier alpha value is -3.21. The van der Waals surface area contributed by atoms with E-state index in [1.165, 1.54) is 31.4 Å². The number of halogens is 5. The predicted octanol–water partition coefficient (Wildman–Crippen LogP) is 7.76. The highest BCUT2D eigenvalue weighted by Gasteiger charge is 2.29. The van der Waals surface area contributed by atoms with Gasteiger partial charge in [-0.05, 0) is 72.4 Å². The van der Waals surface area contributed by atoms with E-state index >= 15 is 0 Å². The van der Waals surface area contributed by atoms with Crippen molar-refractivity contribution in [3.63, 3.8) is 0 Å². The highest BCUT2D eigenvalue weighted by Crippen LogP contribution is 2.32. The zero-order valence-electron chi connectivity index (χ0n) is 22.0. The second-order valence-electron chi connectivity index (χ2n) is 8.65. The SMILES string of the molecule is CCc1ccc([S+](c2ccc(CC)cc2)c2ccc(CC)cc2)cc1.O=S(=O)([O-])c1c(F)c(F)c(F)c(F)c1F. The molecule has 0 amide bonds. The lowest BCUT2D eigenvalue weighted by atomic mass is 10.2. The highest BCUT2D eigenvalue weighted by atomic mass is 32.2. The fraction of sp³-hybridized carbons (Fsp3) is 0.200. The average Bonchev–Trinajstić information content (AvgIpc) is 2.96. The van der Waals surface area contributed by atoms with Crippen molar-refractivity contribution >= 4 is 21.0 Å². The molecule has 0 unspecified atom stereocenters. The standard InChI is InChI=1S/C24H27S.C6HF5O3S/c1-4-19-7-13-22(14-8-19)25(23-15-9-20(5-2)10-16-23)24-17-11-21(6-3)12-18-24;7-1-2(8)4(10)6(15(12,13)14)5(11)3(1)9/h7-18H,4-6H2,1-3H3;(H,12,13,14)/q+1;/p-1. The topological polar surface area (TPSA) is 57.2 Å². The molecule has 40 heavy (non-hydrogen) atoms. The molecule has 0 radical (unpaired) electrons. The molecule has 0 aliphatic rings. The zero-order valence-corrected chi connectivity index (χ0v) is 23.6. The third-order valence-corrected chi connectivity index (χ3v) is 9.21. The van der Waals surface area contributed by atoms with E-state index in [0.29, 0.717) is 0 Å². The van der Waals surface area contributed by atoms with Crippen LogP contribution in [0.3, 0.4) is 0 Å². The summed E-state index contributed by atoms with van der Waals surface area (Å²) in [6, 6.07) is 27.5. The van der Waals surface area contributed by atoms with E-state index in [1.807, 2.05) is 0 Å². The average molecular weight is 595 g/mol. The number of benzene rings is 4. The number of hydrogen-bond acceptors (Lipinski definition) is 3. The number of rotatable bonds is 7. The van der Waals surface area contributed by atoms with Gasteiger partial charge in [0.1, 0.15) is 15.0 Å². The van der Waals surface area contributed by atoms with Gasteiger partial charge in [0.2, 0.25) is 5.82 Å². The van der Waals surface area contributed by atoms with E-state index < -0.39 is 44.1 Å². The monoisotopic (exact) mass is 594 g/mol. The van der Waals surface area contributed by atoms with Crippen LogP contribution in [0.25, 0.3) is 0 Å². The molecule has 4 rings (SSSR count). The Kier molecular flexibility index (Phi) is 10.5. The lowest BCUT2D eigenvalue weighted by Gasteiger charge is -2.10. The molecule has 4 aromatic carbocycles. The fourth-order valence-electron chi connectivity index (χ4n) is 3.80. The third-order valence-electron chi connectivity index (χ3n) is 6.12. The van der Waals surface area contributed by atoms with Crippen LogP contribution in [-0.4, -0.2) is 13.0 Å². The van der Waals surface area contributed by atoms with Crippen molar-refractivity contribution in [1.82, 2.24) is 0 Å². The van der Waals surface area contributed by atoms with Gasteiger partial charge in [0.25, 0.3) is 0 Å². The predicted molar refractivity (Wildman–Crippen MR) is 144 cm³/mol. The van der Waals surface area contributed by atoms with Crippen molar-refractivity contribution < 1.29 is 34.9 Å². The highest BCUT2D eigenvalue weighted by molar-refractivity contribution is 7.97. The molecular formula is C30H27F5O3S2. The quantitative estimate of drug-likeness (QED) is 0.0723. The van der Waals surface area contributed by atoms with Gasteiger partial charge in [-0.1, -0.05) is 57.2 Å². The molecule has 0 saturated carbocycles. The van der Waals surface area contributed by atoms with Crippen molar-refractivity contribution in [2.75, 3.05) is 0 Å². The van der Waals surface area contributed by atoms with Crippen LogP contribution in [0.15, 0.2) is 92.4 Å². The molecule has 0 aliphatic carbocycles. The zero-order chi connectivity index (χ0) is 29.6. The molecule has 4 aromatic rings. The summed E-state index contributed by atoms with van der Waals surface area (Å²) in [6.07, 6.45) is 3.26. The van der Waals surface area contributed by atoms with Crippen molar-refractivity contribution in [2.24, 2.45) is 0 Å². The first-order chi connectivity index (χ1) is 18.9. The first-order valence-electron chi connectivity index (χ1n) is 12.4. The molecule has 10 heteroatoms. The minimum Gasteiger partial charge on any atom is -0.744 e. The Morgan fingerprint density at radius 2 is 0.775 bits per heavy atom. The maximum atomic E-state index is 12.6. The molecule has 3 nitrogen and oxygen atoms in total. The van der Waals surface area contributed by atoms with Crippen molar-refractivity contribution in [3.05, 3.63) is 119 Å². The Labute approximate surface area is 233 Å². The normalized spacial score (nSPS) is 11.3. The molecule has 0 spiro atoms. The summed E-state index contributed by atoms with van der Waals surface area (Å²) >= 11 is 0. The summed E-state index contributed by atoms with van der Waals surface area (Å²) in [5.74, 6) is -12.8. The van der Waals surface area contributed by atoms with E-state index in [2.05, 4.69) is 93.6 Å². The molecule has 0 N–H and O–H groups in total. The second kappa shape index (κ2) is 13.4. The van der Waals surface area contributed by atoms with Gasteiger partial charge in [0, 0.05) is 0 Å². The maximum absolute atomic E-state index is 12.6. The van der Waals surface area contributed by atoms with Crippen LogP contribution in [0.5, 0.6) is 0 Å². The van der Waals surface area contributed by atoms with Crippen molar-refractivity contribution in [3.8, 4) is 0 Å². The van der Waals surface area contributed by atoms with Crippen molar-refractivity contribution in [2.45, 2.75) is 59.6 Å². The first-order valence-corrected chi connectivity index (χ1v) is 15.0. The number of hydrogen-bond donors (Lipinski definition) is 0.